The maximum absolute atomic E-state index is 9.00. The van der Waals surface area contributed by atoms with Gasteiger partial charge in [0.2, 0.25) is 0 Å². The first kappa shape index (κ1) is 23.6. The van der Waals surface area contributed by atoms with Gasteiger partial charge in [0.25, 0.3) is 0 Å². The van der Waals surface area contributed by atoms with Crippen molar-refractivity contribution in [3.05, 3.63) is 0 Å². The van der Waals surface area contributed by atoms with Gasteiger partial charge >= 0.3 is 17.4 Å². The van der Waals surface area contributed by atoms with E-state index in [1.54, 1.807) is 0 Å². The van der Waals surface area contributed by atoms with E-state index in [1.807, 2.05) is 0 Å². The molecule has 0 bridgehead atoms. The molecule has 0 saturated heterocycles. The van der Waals surface area contributed by atoms with E-state index in [2.05, 4.69) is 0 Å². The van der Waals surface area contributed by atoms with Crippen molar-refractivity contribution >= 4 is 50.6 Å². The van der Waals surface area contributed by atoms with E-state index >= 15 is 0 Å². The van der Waals surface area contributed by atoms with Gasteiger partial charge in [-0.15, -0.1) is 0 Å². The van der Waals surface area contributed by atoms with E-state index in [0.717, 1.165) is 18.8 Å². The van der Waals surface area contributed by atoms with E-state index in [4.69, 9.17) is 26.3 Å². The Morgan fingerprint density at radius 2 is 0.692 bits per heavy atom. The van der Waals surface area contributed by atoms with Gasteiger partial charge in [-0.1, -0.05) is 33.2 Å². The summed E-state index contributed by atoms with van der Waals surface area (Å²) in [4.78, 5) is 0. The molecule has 0 heterocycles. The molecule has 6 nitrogen and oxygen atoms in total. The van der Waals surface area contributed by atoms with Crippen molar-refractivity contribution in [1.82, 2.24) is 0 Å². The average Bonchev–Trinajstić information content (AvgIpc) is 1.54. The molecule has 0 aliphatic carbocycles. The average molecular weight is 264 g/mol. The van der Waals surface area contributed by atoms with Gasteiger partial charge in [0.1, 0.15) is 0 Å². The van der Waals surface area contributed by atoms with Crippen LogP contribution in [0.5, 0.6) is 0 Å². The van der Waals surface area contributed by atoms with Gasteiger partial charge < -0.3 is 13.7 Å². The van der Waals surface area contributed by atoms with Crippen molar-refractivity contribution in [2.75, 3.05) is 18.8 Å². The molecule has 0 N–H and O–H groups in total. The van der Waals surface area contributed by atoms with Crippen LogP contribution in [0.4, 0.5) is 0 Å². The monoisotopic (exact) mass is 264 g/mol. The fourth-order valence-corrected chi connectivity index (χ4v) is 0. The Labute approximate surface area is 95.5 Å². The molecule has 0 radical (unpaired) electrons. The molecule has 0 aromatic rings. The fourth-order valence-electron chi connectivity index (χ4n) is 0. The van der Waals surface area contributed by atoms with Crippen molar-refractivity contribution in [3.8, 4) is 0 Å². The molecule has 3 atom stereocenters. The van der Waals surface area contributed by atoms with Gasteiger partial charge in [-0.3, -0.25) is 12.6 Å². The third kappa shape index (κ3) is 2040. The predicted molar refractivity (Wildman–Crippen MR) is 50.3 cm³/mol. The Balaban J connectivity index is -0.0000000450. The van der Waals surface area contributed by atoms with E-state index in [9.17, 15) is 0 Å². The third-order valence-electron chi connectivity index (χ3n) is 0. The molecule has 0 aliphatic heterocycles. The first-order chi connectivity index (χ1) is 5.20. The van der Waals surface area contributed by atoms with Gasteiger partial charge in [-0.05, 0) is 18.8 Å². The third-order valence-corrected chi connectivity index (χ3v) is 0. The Morgan fingerprint density at radius 3 is 0.692 bits per heavy atom. The maximum Gasteiger partial charge on any atom is 3.00 e. The van der Waals surface area contributed by atoms with Gasteiger partial charge in [0, 0.05) is 0 Å². The SMILES string of the molecule is CS(=O)[O-].CS(=O)[O-].CS(=O)[O-].[Al+3]. The molecule has 0 spiro atoms. The summed E-state index contributed by atoms with van der Waals surface area (Å²) in [5.41, 5.74) is 0. The van der Waals surface area contributed by atoms with Gasteiger partial charge in [-0.2, -0.15) is 0 Å². The van der Waals surface area contributed by atoms with Crippen molar-refractivity contribution in [2.45, 2.75) is 0 Å². The van der Waals surface area contributed by atoms with Crippen LogP contribution in [0, 0.1) is 0 Å². The van der Waals surface area contributed by atoms with Crippen LogP contribution >= 0.6 is 0 Å². The second-order valence-corrected chi connectivity index (χ2v) is 3.61. The Hall–Kier alpha value is 0.862. The standard InChI is InChI=1S/3CH4O2S.Al/c3*1-4(2)3;/h3*1H3,(H,2,3);/q;;;+3/p-3. The molecule has 78 valence electrons. The van der Waals surface area contributed by atoms with Crippen molar-refractivity contribution in [2.24, 2.45) is 0 Å². The maximum atomic E-state index is 9.00. The van der Waals surface area contributed by atoms with Crippen LogP contribution in [-0.2, 0) is 33.2 Å². The zero-order valence-corrected chi connectivity index (χ0v) is 10.9. The summed E-state index contributed by atoms with van der Waals surface area (Å²) in [7, 11) is 0. The molecular weight excluding hydrogens is 255 g/mol. The van der Waals surface area contributed by atoms with Gasteiger partial charge in [0.15, 0.2) is 0 Å². The Bertz CT molecular complexity index is 121. The van der Waals surface area contributed by atoms with Crippen LogP contribution < -0.4 is 0 Å². The summed E-state index contributed by atoms with van der Waals surface area (Å²) in [5.74, 6) is 0. The van der Waals surface area contributed by atoms with E-state index in [-0.39, 0.29) is 17.4 Å². The molecule has 0 amide bonds. The molecule has 0 rings (SSSR count). The number of hydrogen-bond donors (Lipinski definition) is 0. The largest absolute Gasteiger partial charge is 3.00 e. The topological polar surface area (TPSA) is 120 Å². The summed E-state index contributed by atoms with van der Waals surface area (Å²) in [6.07, 6.45) is 3.25. The first-order valence-electron chi connectivity index (χ1n) is 2.22. The molecule has 0 fully saturated rings. The van der Waals surface area contributed by atoms with Crippen LogP contribution in [0.3, 0.4) is 0 Å². The molecule has 0 aromatic carbocycles. The van der Waals surface area contributed by atoms with E-state index < -0.39 is 33.2 Å². The van der Waals surface area contributed by atoms with Gasteiger partial charge in [0.05, 0.1) is 0 Å². The zero-order valence-electron chi connectivity index (χ0n) is 7.25. The summed E-state index contributed by atoms with van der Waals surface area (Å²) in [6.45, 7) is 0. The molecular formula is C3H9AlO6S3. The number of hydrogen-bond acceptors (Lipinski definition) is 6. The zero-order chi connectivity index (χ0) is 10.7. The van der Waals surface area contributed by atoms with Crippen LogP contribution in [0.2, 0.25) is 0 Å². The van der Waals surface area contributed by atoms with Gasteiger partial charge in [-0.25, -0.2) is 0 Å². The summed E-state index contributed by atoms with van der Waals surface area (Å²) in [6, 6.07) is 0. The quantitative estimate of drug-likeness (QED) is 0.372. The first-order valence-corrected chi connectivity index (χ1v) is 6.67. The van der Waals surface area contributed by atoms with Crippen molar-refractivity contribution < 1.29 is 26.3 Å². The predicted octanol–water partition coefficient (Wildman–Crippen LogP) is -1.89. The minimum absolute atomic E-state index is 0. The molecule has 0 saturated carbocycles. The second kappa shape index (κ2) is 18.6. The summed E-state index contributed by atoms with van der Waals surface area (Å²) in [5, 5.41) is 0. The fraction of sp³-hybridized carbons (Fsp3) is 1.00. The van der Waals surface area contributed by atoms with E-state index in [0.29, 0.717) is 0 Å². The molecule has 0 aromatic heterocycles. The Morgan fingerprint density at radius 1 is 0.692 bits per heavy atom. The minimum atomic E-state index is -1.86. The molecule has 0 aliphatic rings. The summed E-state index contributed by atoms with van der Waals surface area (Å²) < 4.78 is 54.0. The smallest absolute Gasteiger partial charge is 0.773 e. The normalized spacial score (nSPS) is 14.3. The molecule has 13 heavy (non-hydrogen) atoms. The number of rotatable bonds is 0. The second-order valence-electron chi connectivity index (χ2n) is 1.20. The van der Waals surface area contributed by atoms with Crippen molar-refractivity contribution in [1.29, 1.82) is 0 Å². The Kier molecular flexibility index (Phi) is 33.8. The van der Waals surface area contributed by atoms with Crippen molar-refractivity contribution in [3.63, 3.8) is 0 Å². The van der Waals surface area contributed by atoms with Crippen LogP contribution in [0.1, 0.15) is 0 Å². The van der Waals surface area contributed by atoms with Crippen LogP contribution in [-0.4, -0.2) is 62.4 Å². The summed E-state index contributed by atoms with van der Waals surface area (Å²) >= 11 is -5.58. The molecule has 3 unspecified atom stereocenters. The van der Waals surface area contributed by atoms with E-state index in [1.165, 1.54) is 0 Å². The minimum Gasteiger partial charge on any atom is -0.773 e. The van der Waals surface area contributed by atoms with Crippen LogP contribution in [0.25, 0.3) is 0 Å². The molecule has 10 heteroatoms. The van der Waals surface area contributed by atoms with Crippen LogP contribution in [0.15, 0.2) is 0 Å².